The molecule has 1 unspecified atom stereocenters. The van der Waals surface area contributed by atoms with Crippen molar-refractivity contribution in [2.24, 2.45) is 0 Å². The van der Waals surface area contributed by atoms with Crippen LogP contribution in [0.15, 0.2) is 65.3 Å². The third kappa shape index (κ3) is 4.92. The third-order valence-electron chi connectivity index (χ3n) is 5.24. The summed E-state index contributed by atoms with van der Waals surface area (Å²) in [6, 6.07) is 17.9. The molecule has 2 aromatic carbocycles. The summed E-state index contributed by atoms with van der Waals surface area (Å²) in [6.45, 7) is 4.15. The average Bonchev–Trinajstić information content (AvgIpc) is 3.16. The Kier molecular flexibility index (Phi) is 7.03. The molecule has 0 amide bonds. The van der Waals surface area contributed by atoms with Crippen molar-refractivity contribution in [3.8, 4) is 17.3 Å². The Labute approximate surface area is 199 Å². The number of pyridine rings is 1. The molecule has 1 atom stereocenters. The molecule has 0 aliphatic carbocycles. The third-order valence-corrected chi connectivity index (χ3v) is 6.65. The highest BCUT2D eigenvalue weighted by atomic mass is 79.9. The van der Waals surface area contributed by atoms with Gasteiger partial charge in [-0.05, 0) is 49.9 Å². The second kappa shape index (κ2) is 9.94. The molecule has 4 rings (SSSR count). The van der Waals surface area contributed by atoms with Crippen LogP contribution < -0.4 is 4.74 Å². The van der Waals surface area contributed by atoms with Crippen molar-refractivity contribution in [1.29, 1.82) is 0 Å². The maximum Gasteiger partial charge on any atom is 0.172 e. The predicted octanol–water partition coefficient (Wildman–Crippen LogP) is 4.82. The Hall–Kier alpha value is -2.55. The van der Waals surface area contributed by atoms with Gasteiger partial charge in [0.1, 0.15) is 29.0 Å². The second-order valence-corrected chi connectivity index (χ2v) is 9.77. The molecule has 0 aliphatic rings. The van der Waals surface area contributed by atoms with Crippen molar-refractivity contribution in [3.63, 3.8) is 0 Å². The number of fused-ring (bicyclic) bond motifs is 1. The quantitative estimate of drug-likeness (QED) is 0.338. The summed E-state index contributed by atoms with van der Waals surface area (Å²) in [5.74, 6) is 1.34. The Bertz CT molecular complexity index is 1260. The molecule has 6 nitrogen and oxygen atoms in total. The van der Waals surface area contributed by atoms with Crippen LogP contribution in [-0.2, 0) is 17.5 Å². The molecule has 2 aromatic heterocycles. The first-order valence-electron chi connectivity index (χ1n) is 10.3. The molecular formula is C24H25BrN4O2S. The molecule has 2 heterocycles. The Balaban J connectivity index is 1.50. The van der Waals surface area contributed by atoms with E-state index in [1.165, 1.54) is 5.56 Å². The number of para-hydroxylation sites is 2. The van der Waals surface area contributed by atoms with Gasteiger partial charge >= 0.3 is 0 Å². The van der Waals surface area contributed by atoms with E-state index < -0.39 is 11.0 Å². The maximum atomic E-state index is 12.5. The van der Waals surface area contributed by atoms with Gasteiger partial charge in [0.2, 0.25) is 0 Å². The van der Waals surface area contributed by atoms with Gasteiger partial charge in [-0.2, -0.15) is 0 Å². The van der Waals surface area contributed by atoms with E-state index in [-0.39, 0.29) is 0 Å². The zero-order valence-electron chi connectivity index (χ0n) is 18.3. The molecule has 0 fully saturated rings. The monoisotopic (exact) mass is 512 g/mol. The number of imidazole rings is 1. The van der Waals surface area contributed by atoms with Crippen LogP contribution in [0.4, 0.5) is 0 Å². The van der Waals surface area contributed by atoms with E-state index >= 15 is 0 Å². The number of likely N-dealkylation sites (N-methyl/N-ethyl adjacent to an activating group) is 1. The Morgan fingerprint density at radius 3 is 2.62 bits per heavy atom. The van der Waals surface area contributed by atoms with Crippen LogP contribution in [0.1, 0.15) is 11.1 Å². The van der Waals surface area contributed by atoms with E-state index in [1.54, 1.807) is 16.4 Å². The van der Waals surface area contributed by atoms with Crippen LogP contribution >= 0.6 is 15.9 Å². The first-order valence-corrected chi connectivity index (χ1v) is 12.6. The first-order chi connectivity index (χ1) is 15.4. The van der Waals surface area contributed by atoms with Gasteiger partial charge in [-0.25, -0.2) is 13.2 Å². The molecule has 0 bridgehead atoms. The molecule has 32 heavy (non-hydrogen) atoms. The smallest absolute Gasteiger partial charge is 0.172 e. The fraction of sp³-hybridized carbons (Fsp3) is 0.250. The summed E-state index contributed by atoms with van der Waals surface area (Å²) in [6.07, 6.45) is 3.36. The fourth-order valence-corrected chi connectivity index (χ4v) is 4.67. The van der Waals surface area contributed by atoms with Crippen molar-refractivity contribution < 1.29 is 8.95 Å². The van der Waals surface area contributed by atoms with E-state index in [4.69, 9.17) is 9.72 Å². The Morgan fingerprint density at radius 2 is 1.88 bits per heavy atom. The number of hydrogen-bond acceptors (Lipinski definition) is 5. The predicted molar refractivity (Wildman–Crippen MR) is 133 cm³/mol. The Morgan fingerprint density at radius 1 is 1.12 bits per heavy atom. The lowest BCUT2D eigenvalue weighted by atomic mass is 10.2. The number of ether oxygens (including phenoxy) is 1. The van der Waals surface area contributed by atoms with Gasteiger partial charge in [0.25, 0.3) is 0 Å². The largest absolute Gasteiger partial charge is 0.492 e. The number of rotatable bonds is 8. The van der Waals surface area contributed by atoms with Gasteiger partial charge in [0, 0.05) is 35.6 Å². The minimum atomic E-state index is -1.27. The minimum absolute atomic E-state index is 0.549. The molecule has 0 N–H and O–H groups in total. The molecule has 0 aliphatic heterocycles. The van der Waals surface area contributed by atoms with Gasteiger partial charge in [0.15, 0.2) is 5.82 Å². The summed E-state index contributed by atoms with van der Waals surface area (Å²) >= 11 is 3.47. The van der Waals surface area contributed by atoms with Crippen molar-refractivity contribution in [3.05, 3.63) is 76.4 Å². The molecular weight excluding hydrogens is 488 g/mol. The zero-order chi connectivity index (χ0) is 22.7. The van der Waals surface area contributed by atoms with Gasteiger partial charge in [-0.1, -0.05) is 40.2 Å². The van der Waals surface area contributed by atoms with E-state index in [2.05, 4.69) is 57.1 Å². The van der Waals surface area contributed by atoms with E-state index in [0.717, 1.165) is 39.9 Å². The highest BCUT2D eigenvalue weighted by Gasteiger charge is 2.19. The van der Waals surface area contributed by atoms with E-state index in [9.17, 15) is 4.21 Å². The van der Waals surface area contributed by atoms with Crippen LogP contribution in [0, 0.1) is 6.92 Å². The van der Waals surface area contributed by atoms with Crippen molar-refractivity contribution in [1.82, 2.24) is 18.8 Å². The van der Waals surface area contributed by atoms with Gasteiger partial charge in [-0.15, -0.1) is 0 Å². The standard InChI is InChI=1S/C24H25BrN4O2S/c1-17-22(31-15-14-28(2)16-18-8-10-19(25)11-9-18)12-13-26-23(17)24-27-20-6-4-5-7-21(20)29(24)32(3)30/h4-13H,14-16H2,1-3H3. The number of benzene rings is 2. The van der Waals surface area contributed by atoms with Gasteiger partial charge in [0.05, 0.1) is 11.0 Å². The molecule has 0 spiro atoms. The molecule has 4 aromatic rings. The topological polar surface area (TPSA) is 60.2 Å². The fourth-order valence-electron chi connectivity index (χ4n) is 3.61. The lowest BCUT2D eigenvalue weighted by Gasteiger charge is -2.18. The maximum absolute atomic E-state index is 12.5. The summed E-state index contributed by atoms with van der Waals surface area (Å²) in [7, 11) is 0.810. The van der Waals surface area contributed by atoms with Crippen LogP contribution in [0.25, 0.3) is 22.6 Å². The minimum Gasteiger partial charge on any atom is -0.492 e. The van der Waals surface area contributed by atoms with Crippen molar-refractivity contribution in [2.45, 2.75) is 13.5 Å². The van der Waals surface area contributed by atoms with E-state index in [0.29, 0.717) is 18.1 Å². The van der Waals surface area contributed by atoms with Crippen LogP contribution in [0.5, 0.6) is 5.75 Å². The summed E-state index contributed by atoms with van der Waals surface area (Å²) in [5, 5.41) is 0. The van der Waals surface area contributed by atoms with Gasteiger partial charge < -0.3 is 4.74 Å². The van der Waals surface area contributed by atoms with Crippen molar-refractivity contribution >= 4 is 37.9 Å². The summed E-state index contributed by atoms with van der Waals surface area (Å²) in [5.41, 5.74) is 4.43. The second-order valence-electron chi connectivity index (χ2n) is 7.64. The summed E-state index contributed by atoms with van der Waals surface area (Å²) in [4.78, 5) is 11.5. The van der Waals surface area contributed by atoms with Crippen LogP contribution in [0.2, 0.25) is 0 Å². The molecule has 0 saturated carbocycles. The lowest BCUT2D eigenvalue weighted by molar-refractivity contribution is 0.232. The zero-order valence-corrected chi connectivity index (χ0v) is 20.7. The average molecular weight is 513 g/mol. The van der Waals surface area contributed by atoms with Crippen LogP contribution in [-0.4, -0.2) is 49.5 Å². The highest BCUT2D eigenvalue weighted by molar-refractivity contribution is 9.10. The van der Waals surface area contributed by atoms with Crippen molar-refractivity contribution in [2.75, 3.05) is 26.5 Å². The number of nitrogens with zero attached hydrogens (tertiary/aromatic N) is 4. The van der Waals surface area contributed by atoms with Gasteiger partial charge in [-0.3, -0.25) is 9.88 Å². The number of aromatic nitrogens is 3. The molecule has 8 heteroatoms. The SMILES string of the molecule is Cc1c(OCCN(C)Cc2ccc(Br)cc2)ccnc1-c1nc2ccccc2n1S(C)=O. The number of halogens is 1. The summed E-state index contributed by atoms with van der Waals surface area (Å²) < 4.78 is 21.4. The molecule has 0 radical (unpaired) electrons. The normalized spacial score (nSPS) is 12.4. The molecule has 0 saturated heterocycles. The lowest BCUT2D eigenvalue weighted by Crippen LogP contribution is -2.24. The first kappa shape index (κ1) is 22.6. The highest BCUT2D eigenvalue weighted by Crippen LogP contribution is 2.30. The number of hydrogen-bond donors (Lipinski definition) is 0. The molecule has 166 valence electrons. The van der Waals surface area contributed by atoms with E-state index in [1.807, 2.05) is 37.3 Å². The van der Waals surface area contributed by atoms with Crippen LogP contribution in [0.3, 0.4) is 0 Å².